The van der Waals surface area contributed by atoms with Crippen LogP contribution in [0.15, 0.2) is 206 Å². The molecule has 0 aliphatic heterocycles. The summed E-state index contributed by atoms with van der Waals surface area (Å²) in [6.45, 7) is 0.239. The van der Waals surface area contributed by atoms with E-state index in [-0.39, 0.29) is 39.5 Å². The van der Waals surface area contributed by atoms with Crippen molar-refractivity contribution in [3.8, 4) is 23.0 Å². The average molecular weight is 1000 g/mol. The van der Waals surface area contributed by atoms with E-state index in [1.807, 2.05) is 127 Å². The van der Waals surface area contributed by atoms with Gasteiger partial charge in [0.1, 0.15) is 62.5 Å². The molecule has 3 N–H and O–H groups in total. The highest BCUT2D eigenvalue weighted by Crippen LogP contribution is 2.33. The van der Waals surface area contributed by atoms with Crippen molar-refractivity contribution >= 4 is 0 Å². The van der Waals surface area contributed by atoms with E-state index in [0.29, 0.717) is 58.5 Å². The number of aliphatic hydroxyl groups excluding tert-OH is 3. The number of benzene rings is 8. The molecule has 0 aliphatic rings. The standard InChI is InChI=1S/C62H60F2O10/c63-52-27-21-44(22-28-52)33-58(72-41-49-23-29-53(64)30-24-49)62(74-43-51-26-32-55(69-38-46-15-7-2-8-16-46)57(35-51)71-40-48-19-11-4-12-20-48)61(67)60(66)59(36-65)73-42-50-25-31-54(68-37-45-13-5-1-6-14-45)56(34-50)70-39-47-17-9-3-10-18-47/h1-32,34-35,58-62,65-67H,33,36-43H2/t58?,59-,60-,61+,62-/m1/s1. The maximum atomic E-state index is 14.2. The van der Waals surface area contributed by atoms with Gasteiger partial charge in [0.05, 0.1) is 32.5 Å². The van der Waals surface area contributed by atoms with Gasteiger partial charge in [0.15, 0.2) is 23.0 Å². The highest BCUT2D eigenvalue weighted by Gasteiger charge is 2.39. The Morgan fingerprint density at radius 2 is 0.662 bits per heavy atom. The van der Waals surface area contributed by atoms with Gasteiger partial charge in [-0.05, 0) is 93.0 Å². The Kier molecular flexibility index (Phi) is 19.7. The highest BCUT2D eigenvalue weighted by atomic mass is 19.1. The molecule has 8 aromatic carbocycles. The predicted molar refractivity (Wildman–Crippen MR) is 277 cm³/mol. The van der Waals surface area contributed by atoms with E-state index < -0.39 is 48.8 Å². The molecular weight excluding hydrogens is 943 g/mol. The van der Waals surface area contributed by atoms with Gasteiger partial charge in [-0.2, -0.15) is 0 Å². The van der Waals surface area contributed by atoms with Gasteiger partial charge in [-0.15, -0.1) is 0 Å². The zero-order valence-corrected chi connectivity index (χ0v) is 40.8. The monoisotopic (exact) mass is 1000 g/mol. The summed E-state index contributed by atoms with van der Waals surface area (Å²) in [7, 11) is 0. The lowest BCUT2D eigenvalue weighted by Gasteiger charge is -2.35. The summed E-state index contributed by atoms with van der Waals surface area (Å²) in [6, 6.07) is 61.4. The Morgan fingerprint density at radius 3 is 1.08 bits per heavy atom. The Bertz CT molecular complexity index is 2880. The largest absolute Gasteiger partial charge is 0.485 e. The Morgan fingerprint density at radius 1 is 0.324 bits per heavy atom. The lowest BCUT2D eigenvalue weighted by atomic mass is 9.94. The van der Waals surface area contributed by atoms with Crippen molar-refractivity contribution < 1.29 is 57.3 Å². The SMILES string of the molecule is OC[C@@H](OCc1ccc(OCc2ccccc2)c(OCc2ccccc2)c1)[C@@H](O)[C@H](O)[C@H](OCc1ccc(OCc2ccccc2)c(OCc2ccccc2)c1)C(Cc1ccc(F)cc1)OCc1ccc(F)cc1. The number of aliphatic hydroxyl groups is 3. The molecule has 74 heavy (non-hydrogen) atoms. The van der Waals surface area contributed by atoms with Gasteiger partial charge in [0.2, 0.25) is 0 Å². The number of hydrogen-bond donors (Lipinski definition) is 3. The third-order valence-corrected chi connectivity index (χ3v) is 12.2. The van der Waals surface area contributed by atoms with Crippen molar-refractivity contribution in [3.63, 3.8) is 0 Å². The van der Waals surface area contributed by atoms with Crippen LogP contribution in [-0.2, 0) is 66.9 Å². The van der Waals surface area contributed by atoms with E-state index in [4.69, 9.17) is 33.2 Å². The summed E-state index contributed by atoms with van der Waals surface area (Å²) in [4.78, 5) is 0. The van der Waals surface area contributed by atoms with Crippen molar-refractivity contribution in [1.29, 1.82) is 0 Å². The van der Waals surface area contributed by atoms with E-state index in [9.17, 15) is 24.1 Å². The summed E-state index contributed by atoms with van der Waals surface area (Å²) >= 11 is 0. The van der Waals surface area contributed by atoms with Crippen LogP contribution >= 0.6 is 0 Å². The van der Waals surface area contributed by atoms with Crippen LogP contribution in [0.5, 0.6) is 23.0 Å². The molecule has 12 heteroatoms. The van der Waals surface area contributed by atoms with Crippen molar-refractivity contribution in [3.05, 3.63) is 262 Å². The van der Waals surface area contributed by atoms with Crippen LogP contribution in [0.25, 0.3) is 0 Å². The molecule has 0 bridgehead atoms. The number of hydrogen-bond acceptors (Lipinski definition) is 10. The first-order valence-electron chi connectivity index (χ1n) is 24.5. The summed E-state index contributed by atoms with van der Waals surface area (Å²) in [6.07, 6.45) is -6.97. The van der Waals surface area contributed by atoms with E-state index in [1.165, 1.54) is 24.3 Å². The van der Waals surface area contributed by atoms with E-state index in [2.05, 4.69) is 0 Å². The lowest BCUT2D eigenvalue weighted by Crippen LogP contribution is -2.52. The van der Waals surface area contributed by atoms with Crippen LogP contribution in [0.2, 0.25) is 0 Å². The first-order chi connectivity index (χ1) is 36.3. The lowest BCUT2D eigenvalue weighted by molar-refractivity contribution is -0.184. The second-order valence-corrected chi connectivity index (χ2v) is 17.8. The predicted octanol–water partition coefficient (Wildman–Crippen LogP) is 11.3. The molecule has 0 fully saturated rings. The van der Waals surface area contributed by atoms with Crippen LogP contribution < -0.4 is 18.9 Å². The van der Waals surface area contributed by atoms with Gasteiger partial charge in [-0.3, -0.25) is 0 Å². The molecule has 0 aliphatic carbocycles. The topological polar surface area (TPSA) is 125 Å². The van der Waals surface area contributed by atoms with Crippen molar-refractivity contribution in [1.82, 2.24) is 0 Å². The van der Waals surface area contributed by atoms with Gasteiger partial charge in [0.25, 0.3) is 0 Å². The molecule has 0 amide bonds. The van der Waals surface area contributed by atoms with Crippen LogP contribution in [0.1, 0.15) is 44.5 Å². The fourth-order valence-electron chi connectivity index (χ4n) is 8.09. The molecule has 0 spiro atoms. The van der Waals surface area contributed by atoms with E-state index in [1.54, 1.807) is 54.6 Å². The van der Waals surface area contributed by atoms with Crippen LogP contribution in [0.3, 0.4) is 0 Å². The summed E-state index contributed by atoms with van der Waals surface area (Å²) in [5, 5.41) is 35.2. The summed E-state index contributed by atoms with van der Waals surface area (Å²) in [5.41, 5.74) is 6.43. The maximum absolute atomic E-state index is 14.2. The summed E-state index contributed by atoms with van der Waals surface area (Å²) in [5.74, 6) is 1.08. The highest BCUT2D eigenvalue weighted by molar-refractivity contribution is 5.44. The third kappa shape index (κ3) is 16.0. The minimum atomic E-state index is -1.73. The summed E-state index contributed by atoms with van der Waals surface area (Å²) < 4.78 is 72.7. The first kappa shape index (κ1) is 52.9. The molecule has 0 radical (unpaired) electrons. The molecule has 0 saturated heterocycles. The van der Waals surface area contributed by atoms with Crippen LogP contribution in [-0.4, -0.2) is 52.4 Å². The number of rotatable bonds is 28. The van der Waals surface area contributed by atoms with Gasteiger partial charge >= 0.3 is 0 Å². The average Bonchev–Trinajstić information content (AvgIpc) is 3.44. The van der Waals surface area contributed by atoms with Gasteiger partial charge in [0, 0.05) is 6.42 Å². The normalized spacial score (nSPS) is 13.3. The zero-order chi connectivity index (χ0) is 51.3. The molecular formula is C62H60F2O10. The van der Waals surface area contributed by atoms with Gasteiger partial charge in [-0.1, -0.05) is 158 Å². The second-order valence-electron chi connectivity index (χ2n) is 17.8. The Labute approximate surface area is 430 Å². The van der Waals surface area contributed by atoms with Crippen LogP contribution in [0, 0.1) is 11.6 Å². The quantitative estimate of drug-likeness (QED) is 0.0437. The van der Waals surface area contributed by atoms with E-state index >= 15 is 0 Å². The minimum absolute atomic E-state index is 0.0284. The fraction of sp³-hybridized carbons (Fsp3) is 0.226. The molecule has 10 nitrogen and oxygen atoms in total. The molecule has 1 unspecified atom stereocenters. The Balaban J connectivity index is 1.04. The van der Waals surface area contributed by atoms with Gasteiger partial charge in [-0.25, -0.2) is 8.78 Å². The van der Waals surface area contributed by atoms with Crippen molar-refractivity contribution in [2.45, 2.75) is 83.2 Å². The zero-order valence-electron chi connectivity index (χ0n) is 40.8. The minimum Gasteiger partial charge on any atom is -0.485 e. The number of ether oxygens (including phenoxy) is 7. The maximum Gasteiger partial charge on any atom is 0.162 e. The molecule has 5 atom stereocenters. The fourth-order valence-corrected chi connectivity index (χ4v) is 8.09. The molecule has 8 rings (SSSR count). The van der Waals surface area contributed by atoms with Gasteiger partial charge < -0.3 is 48.5 Å². The molecule has 0 heterocycles. The molecule has 0 aromatic heterocycles. The molecule has 0 saturated carbocycles. The van der Waals surface area contributed by atoms with Crippen molar-refractivity contribution in [2.75, 3.05) is 6.61 Å². The smallest absolute Gasteiger partial charge is 0.162 e. The Hall–Kier alpha value is -7.42. The second kappa shape index (κ2) is 27.6. The molecule has 382 valence electrons. The number of halogens is 2. The first-order valence-corrected chi connectivity index (χ1v) is 24.5. The van der Waals surface area contributed by atoms with Crippen molar-refractivity contribution in [2.24, 2.45) is 0 Å². The van der Waals surface area contributed by atoms with Crippen LogP contribution in [0.4, 0.5) is 8.78 Å². The molecule has 8 aromatic rings. The third-order valence-electron chi connectivity index (χ3n) is 12.2. The van der Waals surface area contributed by atoms with E-state index in [0.717, 1.165) is 22.3 Å².